The van der Waals surface area contributed by atoms with Crippen molar-refractivity contribution in [1.29, 1.82) is 0 Å². The number of methoxy groups -OCH3 is 1. The zero-order valence-corrected chi connectivity index (χ0v) is 8.93. The fourth-order valence-corrected chi connectivity index (χ4v) is 0.375. The van der Waals surface area contributed by atoms with Crippen molar-refractivity contribution in [2.75, 3.05) is 7.11 Å². The second-order valence-corrected chi connectivity index (χ2v) is 3.01. The first-order valence-corrected chi connectivity index (χ1v) is 4.22. The van der Waals surface area contributed by atoms with Gasteiger partial charge in [-0.3, -0.25) is 0 Å². The maximum Gasteiger partial charge on any atom is 0.196 e. The molecule has 0 radical (unpaired) electrons. The summed E-state index contributed by atoms with van der Waals surface area (Å²) in [5.41, 5.74) is 0. The summed E-state index contributed by atoms with van der Waals surface area (Å²) in [6.45, 7) is 8.98. The van der Waals surface area contributed by atoms with Gasteiger partial charge in [-0.15, -0.1) is 0 Å². The van der Waals surface area contributed by atoms with E-state index >= 15 is 0 Å². The Morgan fingerprint density at radius 2 is 1.23 bits per heavy atom. The SMILES string of the molecule is C.CC(C)OC(C)F.COC(C)C. The molecule has 0 amide bonds. The van der Waals surface area contributed by atoms with E-state index in [-0.39, 0.29) is 13.5 Å². The Kier molecular flexibility index (Phi) is 17.0. The second-order valence-electron chi connectivity index (χ2n) is 3.01. The van der Waals surface area contributed by atoms with Gasteiger partial charge in [0, 0.05) is 7.11 Å². The van der Waals surface area contributed by atoms with Crippen LogP contribution in [0.5, 0.6) is 0 Å². The monoisotopic (exact) mass is 196 g/mol. The molecule has 84 valence electrons. The first-order valence-electron chi connectivity index (χ1n) is 4.22. The predicted octanol–water partition coefficient (Wildman–Crippen LogP) is 3.40. The number of halogens is 1. The molecule has 0 aliphatic rings. The number of hydrogen-bond acceptors (Lipinski definition) is 2. The van der Waals surface area contributed by atoms with Crippen LogP contribution >= 0.6 is 0 Å². The third-order valence-corrected chi connectivity index (χ3v) is 0.931. The molecule has 0 aliphatic heterocycles. The van der Waals surface area contributed by atoms with E-state index in [0.29, 0.717) is 6.10 Å². The van der Waals surface area contributed by atoms with Crippen LogP contribution in [0.3, 0.4) is 0 Å². The number of rotatable bonds is 3. The van der Waals surface area contributed by atoms with E-state index in [0.717, 1.165) is 0 Å². The number of alkyl halides is 1. The molecule has 0 bridgehead atoms. The van der Waals surface area contributed by atoms with Gasteiger partial charge in [-0.2, -0.15) is 0 Å². The molecule has 1 unspecified atom stereocenters. The molecule has 0 spiro atoms. The molecule has 0 aliphatic carbocycles. The van der Waals surface area contributed by atoms with Gasteiger partial charge in [0.2, 0.25) is 0 Å². The average molecular weight is 196 g/mol. The minimum Gasteiger partial charge on any atom is -0.382 e. The van der Waals surface area contributed by atoms with Gasteiger partial charge >= 0.3 is 0 Å². The lowest BCUT2D eigenvalue weighted by molar-refractivity contribution is -0.0586. The average Bonchev–Trinajstić information content (AvgIpc) is 1.85. The van der Waals surface area contributed by atoms with Crippen LogP contribution in [0.1, 0.15) is 42.0 Å². The van der Waals surface area contributed by atoms with Gasteiger partial charge in [-0.1, -0.05) is 7.43 Å². The summed E-state index contributed by atoms with van der Waals surface area (Å²) in [5.74, 6) is 0. The molecule has 0 rings (SSSR count). The van der Waals surface area contributed by atoms with Gasteiger partial charge in [-0.05, 0) is 34.6 Å². The molecule has 0 fully saturated rings. The van der Waals surface area contributed by atoms with Crippen LogP contribution in [-0.2, 0) is 9.47 Å². The highest BCUT2D eigenvalue weighted by Crippen LogP contribution is 1.95. The highest BCUT2D eigenvalue weighted by atomic mass is 19.1. The largest absolute Gasteiger partial charge is 0.382 e. The van der Waals surface area contributed by atoms with E-state index in [1.165, 1.54) is 6.92 Å². The van der Waals surface area contributed by atoms with Gasteiger partial charge in [0.05, 0.1) is 12.2 Å². The van der Waals surface area contributed by atoms with E-state index in [9.17, 15) is 4.39 Å². The Bertz CT molecular complexity index is 77.0. The van der Waals surface area contributed by atoms with Gasteiger partial charge in [0.15, 0.2) is 6.36 Å². The molecule has 0 saturated heterocycles. The first kappa shape index (κ1) is 18.6. The lowest BCUT2D eigenvalue weighted by atomic mass is 10.5. The van der Waals surface area contributed by atoms with E-state index in [1.807, 2.05) is 13.8 Å². The third kappa shape index (κ3) is 33.6. The Morgan fingerprint density at radius 3 is 1.23 bits per heavy atom. The van der Waals surface area contributed by atoms with Crippen molar-refractivity contribution in [3.05, 3.63) is 0 Å². The molecule has 13 heavy (non-hydrogen) atoms. The minimum atomic E-state index is -1.13. The molecular weight excluding hydrogens is 171 g/mol. The highest BCUT2D eigenvalue weighted by molar-refractivity contribution is 4.34. The standard InChI is InChI=1S/C5H11FO.C4H10O.CH4/c1-4(2)7-5(3)6;1-4(2)5-3;/h4-5H,1-3H3;4H,1-3H3;1H4. The topological polar surface area (TPSA) is 18.5 Å². The number of ether oxygens (including phenoxy) is 2. The maximum absolute atomic E-state index is 11.7. The number of hydrogen-bond donors (Lipinski definition) is 0. The molecule has 0 N–H and O–H groups in total. The van der Waals surface area contributed by atoms with Crippen molar-refractivity contribution >= 4 is 0 Å². The molecule has 3 heteroatoms. The summed E-state index contributed by atoms with van der Waals surface area (Å²) in [5, 5.41) is 0. The first-order chi connectivity index (χ1) is 5.40. The predicted molar refractivity (Wildman–Crippen MR) is 55.7 cm³/mol. The quantitative estimate of drug-likeness (QED) is 0.688. The molecule has 0 aromatic carbocycles. The van der Waals surface area contributed by atoms with Crippen molar-refractivity contribution in [2.45, 2.75) is 60.6 Å². The van der Waals surface area contributed by atoms with Crippen molar-refractivity contribution in [1.82, 2.24) is 0 Å². The highest BCUT2D eigenvalue weighted by Gasteiger charge is 1.97. The van der Waals surface area contributed by atoms with Crippen LogP contribution in [0.25, 0.3) is 0 Å². The van der Waals surface area contributed by atoms with Gasteiger partial charge in [-0.25, -0.2) is 4.39 Å². The molecule has 0 heterocycles. The minimum absolute atomic E-state index is 0. The van der Waals surface area contributed by atoms with Gasteiger partial charge < -0.3 is 9.47 Å². The summed E-state index contributed by atoms with van der Waals surface area (Å²) in [4.78, 5) is 0. The van der Waals surface area contributed by atoms with Crippen LogP contribution in [0.4, 0.5) is 4.39 Å². The summed E-state index contributed by atoms with van der Waals surface area (Å²) in [6, 6.07) is 0. The summed E-state index contributed by atoms with van der Waals surface area (Å²) in [7, 11) is 1.70. The van der Waals surface area contributed by atoms with E-state index in [4.69, 9.17) is 4.74 Å². The Hall–Kier alpha value is -0.150. The Labute approximate surface area is 82.4 Å². The van der Waals surface area contributed by atoms with Crippen LogP contribution in [-0.4, -0.2) is 25.7 Å². The Balaban J connectivity index is -0.000000150. The van der Waals surface area contributed by atoms with Crippen LogP contribution in [0.2, 0.25) is 0 Å². The molecule has 2 nitrogen and oxygen atoms in total. The molecule has 0 aromatic rings. The fraction of sp³-hybridized carbons (Fsp3) is 1.00. The van der Waals surface area contributed by atoms with Crippen molar-refractivity contribution in [2.24, 2.45) is 0 Å². The molecular formula is C10H25FO2. The van der Waals surface area contributed by atoms with E-state index < -0.39 is 6.36 Å². The van der Waals surface area contributed by atoms with Crippen LogP contribution < -0.4 is 0 Å². The smallest absolute Gasteiger partial charge is 0.196 e. The second kappa shape index (κ2) is 11.8. The lowest BCUT2D eigenvalue weighted by Gasteiger charge is -2.06. The zero-order chi connectivity index (χ0) is 10.1. The summed E-state index contributed by atoms with van der Waals surface area (Å²) < 4.78 is 21.1. The van der Waals surface area contributed by atoms with Crippen LogP contribution in [0, 0.1) is 0 Å². The molecule has 0 aromatic heterocycles. The lowest BCUT2D eigenvalue weighted by Crippen LogP contribution is -2.08. The van der Waals surface area contributed by atoms with Crippen molar-refractivity contribution in [3.63, 3.8) is 0 Å². The Morgan fingerprint density at radius 1 is 0.923 bits per heavy atom. The van der Waals surface area contributed by atoms with Gasteiger partial charge in [0.25, 0.3) is 0 Å². The maximum atomic E-state index is 11.7. The van der Waals surface area contributed by atoms with Crippen molar-refractivity contribution in [3.8, 4) is 0 Å². The van der Waals surface area contributed by atoms with Crippen molar-refractivity contribution < 1.29 is 13.9 Å². The normalized spacial score (nSPS) is 11.8. The van der Waals surface area contributed by atoms with E-state index in [2.05, 4.69) is 4.74 Å². The molecule has 0 saturated carbocycles. The van der Waals surface area contributed by atoms with Crippen LogP contribution in [0.15, 0.2) is 0 Å². The summed E-state index contributed by atoms with van der Waals surface area (Å²) in [6.07, 6.45) is -0.741. The third-order valence-electron chi connectivity index (χ3n) is 0.931. The summed E-state index contributed by atoms with van der Waals surface area (Å²) >= 11 is 0. The molecule has 1 atom stereocenters. The zero-order valence-electron chi connectivity index (χ0n) is 8.93. The van der Waals surface area contributed by atoms with Gasteiger partial charge in [0.1, 0.15) is 0 Å². The fourth-order valence-electron chi connectivity index (χ4n) is 0.375. The van der Waals surface area contributed by atoms with E-state index in [1.54, 1.807) is 21.0 Å².